The lowest BCUT2D eigenvalue weighted by Gasteiger charge is -2.27. The molecule has 0 aromatic rings. The van der Waals surface area contributed by atoms with Crippen molar-refractivity contribution in [1.82, 2.24) is 0 Å². The van der Waals surface area contributed by atoms with Gasteiger partial charge in [0, 0.05) is 0 Å². The Bertz CT molecular complexity index is 294. The Morgan fingerprint density at radius 3 is 2.25 bits per heavy atom. The molecule has 0 spiro atoms. The van der Waals surface area contributed by atoms with Crippen LogP contribution in [0.5, 0.6) is 0 Å². The lowest BCUT2D eigenvalue weighted by molar-refractivity contribution is 0.284. The number of nitrogens with two attached hydrogens (primary N) is 1. The van der Waals surface area contributed by atoms with Gasteiger partial charge in [-0.25, -0.2) is 0 Å². The monoisotopic (exact) mass is 249 g/mol. The summed E-state index contributed by atoms with van der Waals surface area (Å²) < 4.78 is 27.5. The molecule has 2 N–H and O–H groups in total. The Balaban J connectivity index is 2.64. The minimum absolute atomic E-state index is 0.0514. The smallest absolute Gasteiger partial charge is 0.198 e. The second kappa shape index (κ2) is 5.98. The van der Waals surface area contributed by atoms with Gasteiger partial charge < -0.3 is 0 Å². The Kier molecular flexibility index (Phi) is 5.21. The van der Waals surface area contributed by atoms with Crippen molar-refractivity contribution in [3.8, 4) is 0 Å². The van der Waals surface area contributed by atoms with Crippen LogP contribution in [0.4, 0.5) is 0 Å². The summed E-state index contributed by atoms with van der Waals surface area (Å²) in [7, 11) is -3.58. The highest BCUT2D eigenvalue weighted by molar-refractivity contribution is 7.87. The number of hydrogen-bond acceptors (Lipinski definition) is 4. The molecule has 1 atom stereocenters. The zero-order valence-electron chi connectivity index (χ0n) is 10.2. The van der Waals surface area contributed by atoms with Gasteiger partial charge in [0.25, 0.3) is 10.1 Å². The van der Waals surface area contributed by atoms with Crippen molar-refractivity contribution < 1.29 is 12.7 Å². The zero-order chi connectivity index (χ0) is 12.2. The van der Waals surface area contributed by atoms with E-state index in [-0.39, 0.29) is 5.92 Å². The van der Waals surface area contributed by atoms with Crippen LogP contribution in [0.3, 0.4) is 0 Å². The zero-order valence-corrected chi connectivity index (χ0v) is 11.0. The molecule has 0 saturated heterocycles. The second-order valence-electron chi connectivity index (χ2n) is 5.11. The largest absolute Gasteiger partial charge is 0.286 e. The fourth-order valence-corrected chi connectivity index (χ4v) is 3.86. The van der Waals surface area contributed by atoms with E-state index in [2.05, 4.69) is 4.28 Å². The molecular weight excluding hydrogens is 226 g/mol. The van der Waals surface area contributed by atoms with Crippen molar-refractivity contribution in [1.29, 1.82) is 0 Å². The summed E-state index contributed by atoms with van der Waals surface area (Å²) in [5.41, 5.74) is 0. The molecule has 5 heteroatoms. The van der Waals surface area contributed by atoms with Crippen LogP contribution in [-0.4, -0.2) is 13.7 Å². The first kappa shape index (κ1) is 13.9. The fourth-order valence-electron chi connectivity index (χ4n) is 2.55. The van der Waals surface area contributed by atoms with Crippen molar-refractivity contribution in [2.45, 2.75) is 57.6 Å². The molecule has 0 amide bonds. The van der Waals surface area contributed by atoms with Crippen LogP contribution in [0, 0.1) is 11.8 Å². The highest BCUT2D eigenvalue weighted by Crippen LogP contribution is 2.31. The second-order valence-corrected chi connectivity index (χ2v) is 6.89. The first-order valence-corrected chi connectivity index (χ1v) is 7.56. The molecule has 1 aliphatic carbocycles. The molecule has 1 unspecified atom stereocenters. The molecule has 4 nitrogen and oxygen atoms in total. The minimum Gasteiger partial charge on any atom is -0.198 e. The van der Waals surface area contributed by atoms with Gasteiger partial charge in [-0.1, -0.05) is 46.0 Å². The van der Waals surface area contributed by atoms with E-state index in [1.165, 1.54) is 19.3 Å². The summed E-state index contributed by atoms with van der Waals surface area (Å²) in [5, 5.41) is -0.458. The van der Waals surface area contributed by atoms with Crippen LogP contribution in [0.25, 0.3) is 0 Å². The summed E-state index contributed by atoms with van der Waals surface area (Å²) >= 11 is 0. The molecular formula is C11H23NO3S. The molecule has 1 saturated carbocycles. The van der Waals surface area contributed by atoms with Crippen LogP contribution < -0.4 is 5.90 Å². The Morgan fingerprint density at radius 2 is 1.81 bits per heavy atom. The molecule has 0 aliphatic heterocycles. The molecule has 1 aliphatic rings. The summed E-state index contributed by atoms with van der Waals surface area (Å²) in [4.78, 5) is 0. The van der Waals surface area contributed by atoms with Crippen LogP contribution in [-0.2, 0) is 14.4 Å². The molecule has 96 valence electrons. The molecule has 0 heterocycles. The quantitative estimate of drug-likeness (QED) is 0.758. The third-order valence-corrected chi connectivity index (χ3v) is 5.29. The molecule has 0 aromatic carbocycles. The lowest BCUT2D eigenvalue weighted by Crippen LogP contribution is -2.33. The van der Waals surface area contributed by atoms with Gasteiger partial charge in [0.15, 0.2) is 0 Å². The van der Waals surface area contributed by atoms with E-state index in [9.17, 15) is 8.42 Å². The van der Waals surface area contributed by atoms with Crippen molar-refractivity contribution >= 4 is 10.1 Å². The van der Waals surface area contributed by atoms with Crippen molar-refractivity contribution in [3.63, 3.8) is 0 Å². The summed E-state index contributed by atoms with van der Waals surface area (Å²) in [6.45, 7) is 3.81. The maximum Gasteiger partial charge on any atom is 0.286 e. The molecule has 0 aromatic heterocycles. The SMILES string of the molecule is CC(C)C(CC1CCCCC1)S(=O)(=O)ON. The van der Waals surface area contributed by atoms with E-state index in [0.29, 0.717) is 12.3 Å². The van der Waals surface area contributed by atoms with E-state index in [0.717, 1.165) is 12.8 Å². The van der Waals surface area contributed by atoms with Crippen LogP contribution in [0.15, 0.2) is 0 Å². The van der Waals surface area contributed by atoms with E-state index in [1.807, 2.05) is 13.8 Å². The summed E-state index contributed by atoms with van der Waals surface area (Å²) in [6, 6.07) is 0. The van der Waals surface area contributed by atoms with Gasteiger partial charge in [-0.2, -0.15) is 18.6 Å². The van der Waals surface area contributed by atoms with Crippen molar-refractivity contribution in [2.75, 3.05) is 0 Å². The average Bonchev–Trinajstić information content (AvgIpc) is 2.26. The number of hydrogen-bond donors (Lipinski definition) is 1. The van der Waals surface area contributed by atoms with Gasteiger partial charge in [-0.15, -0.1) is 0 Å². The summed E-state index contributed by atoms with van der Waals surface area (Å²) in [5.74, 6) is 5.43. The first-order chi connectivity index (χ1) is 7.47. The topological polar surface area (TPSA) is 69.4 Å². The number of rotatable bonds is 5. The Morgan fingerprint density at radius 1 is 1.25 bits per heavy atom. The van der Waals surface area contributed by atoms with Gasteiger partial charge in [-0.3, -0.25) is 0 Å². The van der Waals surface area contributed by atoms with E-state index >= 15 is 0 Å². The average molecular weight is 249 g/mol. The van der Waals surface area contributed by atoms with Gasteiger partial charge in [0.1, 0.15) is 0 Å². The van der Waals surface area contributed by atoms with Crippen LogP contribution in [0.2, 0.25) is 0 Å². The standard InChI is InChI=1S/C11H23NO3S/c1-9(2)11(16(13,14)15-12)8-10-6-4-3-5-7-10/h9-11H,3-8,12H2,1-2H3. The Hall–Kier alpha value is -0.130. The van der Waals surface area contributed by atoms with Gasteiger partial charge in [0.05, 0.1) is 5.25 Å². The maximum atomic E-state index is 11.7. The fraction of sp³-hybridized carbons (Fsp3) is 1.00. The normalized spacial score (nSPS) is 21.2. The van der Waals surface area contributed by atoms with Crippen LogP contribution in [0.1, 0.15) is 52.4 Å². The van der Waals surface area contributed by atoms with E-state index in [1.54, 1.807) is 0 Å². The first-order valence-electron chi connectivity index (χ1n) is 6.09. The predicted molar refractivity (Wildman–Crippen MR) is 64.0 cm³/mol. The predicted octanol–water partition coefficient (Wildman–Crippen LogP) is 2.20. The van der Waals surface area contributed by atoms with E-state index in [4.69, 9.17) is 5.90 Å². The van der Waals surface area contributed by atoms with Gasteiger partial charge >= 0.3 is 0 Å². The molecule has 0 bridgehead atoms. The summed E-state index contributed by atoms with van der Waals surface area (Å²) in [6.07, 6.45) is 6.70. The van der Waals surface area contributed by atoms with E-state index < -0.39 is 15.4 Å². The molecule has 1 fully saturated rings. The minimum atomic E-state index is -3.58. The lowest BCUT2D eigenvalue weighted by atomic mass is 9.84. The van der Waals surface area contributed by atoms with Crippen LogP contribution >= 0.6 is 0 Å². The highest BCUT2D eigenvalue weighted by atomic mass is 32.2. The van der Waals surface area contributed by atoms with Gasteiger partial charge in [0.2, 0.25) is 0 Å². The maximum absolute atomic E-state index is 11.7. The molecule has 0 radical (unpaired) electrons. The van der Waals surface area contributed by atoms with Crippen molar-refractivity contribution in [3.05, 3.63) is 0 Å². The Labute approximate surface area is 98.6 Å². The van der Waals surface area contributed by atoms with Crippen molar-refractivity contribution in [2.24, 2.45) is 17.7 Å². The molecule has 1 rings (SSSR count). The third-order valence-electron chi connectivity index (χ3n) is 3.54. The third kappa shape index (κ3) is 3.71. The molecule has 16 heavy (non-hydrogen) atoms. The van der Waals surface area contributed by atoms with Gasteiger partial charge in [-0.05, 0) is 18.3 Å². The highest BCUT2D eigenvalue weighted by Gasteiger charge is 2.32.